The molecular formula is C22H31ClO4. The fraction of sp³-hybridized carbons (Fsp3) is 0.773. The molecule has 150 valence electrons. The predicted molar refractivity (Wildman–Crippen MR) is 104 cm³/mol. The number of allylic oxidation sites excluding steroid dienone is 4. The Morgan fingerprint density at radius 2 is 2.04 bits per heavy atom. The number of ketones is 1. The first-order valence-corrected chi connectivity index (χ1v) is 10.5. The lowest BCUT2D eigenvalue weighted by molar-refractivity contribution is -0.181. The summed E-state index contributed by atoms with van der Waals surface area (Å²) in [7, 11) is 0. The fourth-order valence-electron chi connectivity index (χ4n) is 7.44. The first-order chi connectivity index (χ1) is 12.6. The zero-order valence-electron chi connectivity index (χ0n) is 16.4. The van der Waals surface area contributed by atoms with Crippen LogP contribution >= 0.6 is 11.6 Å². The normalized spacial score (nSPS) is 54.0. The molecule has 4 aliphatic rings. The van der Waals surface area contributed by atoms with E-state index in [0.717, 1.165) is 19.3 Å². The molecule has 3 saturated carbocycles. The summed E-state index contributed by atoms with van der Waals surface area (Å²) in [6.45, 7) is 5.30. The highest BCUT2D eigenvalue weighted by Gasteiger charge is 2.74. The minimum absolute atomic E-state index is 0.0181. The molecule has 8 atom stereocenters. The highest BCUT2D eigenvalue weighted by molar-refractivity contribution is 6.25. The molecule has 0 bridgehead atoms. The highest BCUT2D eigenvalue weighted by Crippen LogP contribution is 2.71. The number of rotatable bonds is 2. The number of halogens is 1. The quantitative estimate of drug-likeness (QED) is 0.629. The SMILES string of the molecule is C[C@@H]1C[C@H]2[C@@H]3CCC4=CC=CC[C@]4(C)[C@@]3(Cl)[C@@H](O)C[C@]2(C)[C@@]1(O)C(=O)CO. The van der Waals surface area contributed by atoms with Gasteiger partial charge >= 0.3 is 0 Å². The van der Waals surface area contributed by atoms with E-state index < -0.39 is 34.4 Å². The average Bonchev–Trinajstić information content (AvgIpc) is 2.83. The molecular weight excluding hydrogens is 364 g/mol. The summed E-state index contributed by atoms with van der Waals surface area (Å²) < 4.78 is 0. The van der Waals surface area contributed by atoms with Crippen molar-refractivity contribution >= 4 is 17.4 Å². The van der Waals surface area contributed by atoms with Gasteiger partial charge in [-0.1, -0.05) is 44.6 Å². The van der Waals surface area contributed by atoms with Gasteiger partial charge < -0.3 is 15.3 Å². The maximum absolute atomic E-state index is 12.6. The van der Waals surface area contributed by atoms with Crippen LogP contribution in [0.4, 0.5) is 0 Å². The Kier molecular flexibility index (Phi) is 4.30. The van der Waals surface area contributed by atoms with Crippen molar-refractivity contribution in [3.8, 4) is 0 Å². The number of alkyl halides is 1. The lowest BCUT2D eigenvalue weighted by Gasteiger charge is -2.64. The van der Waals surface area contributed by atoms with Crippen molar-refractivity contribution in [1.29, 1.82) is 0 Å². The zero-order valence-corrected chi connectivity index (χ0v) is 17.2. The maximum atomic E-state index is 12.6. The Morgan fingerprint density at radius 3 is 2.70 bits per heavy atom. The number of fused-ring (bicyclic) bond motifs is 5. The molecule has 4 nitrogen and oxygen atoms in total. The van der Waals surface area contributed by atoms with E-state index in [1.54, 1.807) is 0 Å². The van der Waals surface area contributed by atoms with Crippen molar-refractivity contribution in [3.05, 3.63) is 23.8 Å². The van der Waals surface area contributed by atoms with Crippen molar-refractivity contribution in [2.24, 2.45) is 28.6 Å². The molecule has 0 heterocycles. The van der Waals surface area contributed by atoms with Crippen LogP contribution in [0.1, 0.15) is 52.9 Å². The summed E-state index contributed by atoms with van der Waals surface area (Å²) in [6.07, 6.45) is 9.07. The lowest BCUT2D eigenvalue weighted by Crippen LogP contribution is -2.69. The number of hydrogen-bond donors (Lipinski definition) is 3. The molecule has 4 rings (SSSR count). The maximum Gasteiger partial charge on any atom is 0.190 e. The van der Waals surface area contributed by atoms with E-state index in [4.69, 9.17) is 11.6 Å². The topological polar surface area (TPSA) is 77.8 Å². The molecule has 0 aromatic heterocycles. The molecule has 0 radical (unpaired) electrons. The zero-order chi connectivity index (χ0) is 19.8. The number of aliphatic hydroxyl groups excluding tert-OH is 2. The Morgan fingerprint density at radius 1 is 1.33 bits per heavy atom. The molecule has 4 aliphatic carbocycles. The van der Waals surface area contributed by atoms with Gasteiger partial charge in [-0.05, 0) is 49.9 Å². The molecule has 0 unspecified atom stereocenters. The van der Waals surface area contributed by atoms with E-state index in [1.165, 1.54) is 5.57 Å². The third kappa shape index (κ3) is 2.08. The van der Waals surface area contributed by atoms with E-state index in [1.807, 2.05) is 13.8 Å². The standard InChI is InChI=1S/C22H31ClO4/c1-13-10-16-15-8-7-14-6-4-5-9-19(14,2)21(15,23)17(25)11-20(16,3)22(13,27)18(26)12-24/h4-6,13,15-17,24-25,27H,7-12H2,1-3H3/t13-,15+,16+,17+,19+,20+,21+,22+/m1/s1. The molecule has 0 aromatic rings. The summed E-state index contributed by atoms with van der Waals surface area (Å²) in [4.78, 5) is 11.8. The fourth-order valence-corrected chi connectivity index (χ4v) is 7.98. The van der Waals surface area contributed by atoms with E-state index in [9.17, 15) is 20.1 Å². The Labute approximate surface area is 166 Å². The molecule has 0 saturated heterocycles. The Balaban J connectivity index is 1.83. The van der Waals surface area contributed by atoms with Crippen molar-refractivity contribution in [3.63, 3.8) is 0 Å². The van der Waals surface area contributed by atoms with Crippen LogP contribution in [0.25, 0.3) is 0 Å². The number of aliphatic hydroxyl groups is 3. The molecule has 3 fully saturated rings. The van der Waals surface area contributed by atoms with Crippen LogP contribution in [0.3, 0.4) is 0 Å². The summed E-state index contributed by atoms with van der Waals surface area (Å²) in [5, 5.41) is 32.4. The van der Waals surface area contributed by atoms with Crippen molar-refractivity contribution in [2.45, 2.75) is 69.5 Å². The second-order valence-electron chi connectivity index (χ2n) is 9.80. The van der Waals surface area contributed by atoms with E-state index in [-0.39, 0.29) is 29.6 Å². The van der Waals surface area contributed by atoms with Gasteiger partial charge in [-0.2, -0.15) is 0 Å². The molecule has 0 aromatic carbocycles. The van der Waals surface area contributed by atoms with Gasteiger partial charge in [-0.3, -0.25) is 4.79 Å². The van der Waals surface area contributed by atoms with Gasteiger partial charge in [0.2, 0.25) is 0 Å². The third-order valence-electron chi connectivity index (χ3n) is 8.94. The number of hydrogen-bond acceptors (Lipinski definition) is 4. The van der Waals surface area contributed by atoms with Crippen molar-refractivity contribution in [2.75, 3.05) is 6.61 Å². The van der Waals surface area contributed by atoms with Gasteiger partial charge in [-0.25, -0.2) is 0 Å². The second-order valence-corrected chi connectivity index (χ2v) is 10.4. The van der Waals surface area contributed by atoms with Gasteiger partial charge in [-0.15, -0.1) is 11.6 Å². The number of carbonyl (C=O) groups is 1. The monoisotopic (exact) mass is 394 g/mol. The molecule has 3 N–H and O–H groups in total. The van der Waals surface area contributed by atoms with Crippen LogP contribution in [0, 0.1) is 28.6 Å². The predicted octanol–water partition coefficient (Wildman–Crippen LogP) is 2.99. The number of carbonyl (C=O) groups excluding carboxylic acids is 1. The number of Topliss-reactive ketones (excluding diaryl/α,β-unsaturated/α-hetero) is 1. The van der Waals surface area contributed by atoms with Crippen molar-refractivity contribution in [1.82, 2.24) is 0 Å². The van der Waals surface area contributed by atoms with Crippen LogP contribution in [-0.4, -0.2) is 44.3 Å². The van der Waals surface area contributed by atoms with Gasteiger partial charge in [0.1, 0.15) is 12.2 Å². The van der Waals surface area contributed by atoms with Gasteiger partial charge in [0.25, 0.3) is 0 Å². The Hall–Kier alpha value is -0.680. The van der Waals surface area contributed by atoms with E-state index >= 15 is 0 Å². The van der Waals surface area contributed by atoms with Crippen LogP contribution in [-0.2, 0) is 4.79 Å². The first kappa shape index (κ1) is 19.6. The summed E-state index contributed by atoms with van der Waals surface area (Å²) in [6, 6.07) is 0. The van der Waals surface area contributed by atoms with E-state index in [2.05, 4.69) is 25.2 Å². The van der Waals surface area contributed by atoms with Crippen LogP contribution in [0.5, 0.6) is 0 Å². The van der Waals surface area contributed by atoms with Gasteiger partial charge in [0.15, 0.2) is 5.78 Å². The van der Waals surface area contributed by atoms with Gasteiger partial charge in [0, 0.05) is 10.8 Å². The summed E-state index contributed by atoms with van der Waals surface area (Å²) in [5.41, 5.74) is -1.42. The van der Waals surface area contributed by atoms with Crippen LogP contribution in [0.15, 0.2) is 23.8 Å². The molecule has 0 aliphatic heterocycles. The smallest absolute Gasteiger partial charge is 0.190 e. The highest BCUT2D eigenvalue weighted by atomic mass is 35.5. The first-order valence-electron chi connectivity index (χ1n) is 10.2. The second kappa shape index (κ2) is 5.91. The van der Waals surface area contributed by atoms with Crippen molar-refractivity contribution < 1.29 is 20.1 Å². The average molecular weight is 395 g/mol. The largest absolute Gasteiger partial charge is 0.391 e. The van der Waals surface area contributed by atoms with Crippen LogP contribution in [0.2, 0.25) is 0 Å². The molecule has 0 spiro atoms. The Bertz CT molecular complexity index is 732. The van der Waals surface area contributed by atoms with E-state index in [0.29, 0.717) is 6.42 Å². The summed E-state index contributed by atoms with van der Waals surface area (Å²) >= 11 is 7.38. The minimum Gasteiger partial charge on any atom is -0.391 e. The summed E-state index contributed by atoms with van der Waals surface area (Å²) in [5.74, 6) is -0.741. The van der Waals surface area contributed by atoms with Gasteiger partial charge in [0.05, 0.1) is 11.0 Å². The molecule has 5 heteroatoms. The molecule has 0 amide bonds. The molecule has 27 heavy (non-hydrogen) atoms. The lowest BCUT2D eigenvalue weighted by atomic mass is 9.45. The van der Waals surface area contributed by atoms with Crippen LogP contribution < -0.4 is 0 Å². The minimum atomic E-state index is -1.62. The third-order valence-corrected chi connectivity index (χ3v) is 9.89.